The van der Waals surface area contributed by atoms with E-state index in [9.17, 15) is 13.2 Å². The molecule has 0 fully saturated rings. The van der Waals surface area contributed by atoms with Crippen LogP contribution in [0.3, 0.4) is 0 Å². The Morgan fingerprint density at radius 1 is 1.53 bits per heavy atom. The Hall–Kier alpha value is -1.50. The molecule has 1 N–H and O–H groups in total. The lowest BCUT2D eigenvalue weighted by atomic mass is 10.2. The number of hydrogen-bond acceptors (Lipinski definition) is 5. The molecule has 7 heteroatoms. The van der Waals surface area contributed by atoms with E-state index >= 15 is 0 Å². The normalized spacial score (nSPS) is 11.3. The highest BCUT2D eigenvalue weighted by Gasteiger charge is 2.12. The molecule has 0 unspecified atom stereocenters. The van der Waals surface area contributed by atoms with E-state index in [1.165, 1.54) is 6.92 Å². The lowest BCUT2D eigenvalue weighted by Crippen LogP contribution is -2.09. The Kier molecular flexibility index (Phi) is 3.04. The summed E-state index contributed by atoms with van der Waals surface area (Å²) in [6, 6.07) is 0. The highest BCUT2D eigenvalue weighted by atomic mass is 32.2. The van der Waals surface area contributed by atoms with E-state index in [2.05, 4.69) is 9.97 Å². The predicted octanol–water partition coefficient (Wildman–Crippen LogP) is 0.0278. The SMILES string of the molecule is Cc1nc(CS(C)(=O)=O)ncc1C(=O)O. The highest BCUT2D eigenvalue weighted by molar-refractivity contribution is 7.89. The van der Waals surface area contributed by atoms with Gasteiger partial charge in [0.2, 0.25) is 0 Å². The first kappa shape index (κ1) is 11.6. The van der Waals surface area contributed by atoms with Gasteiger partial charge in [-0.05, 0) is 6.92 Å². The molecule has 0 radical (unpaired) electrons. The molecule has 1 rings (SSSR count). The number of rotatable bonds is 3. The van der Waals surface area contributed by atoms with Crippen molar-refractivity contribution in [3.63, 3.8) is 0 Å². The van der Waals surface area contributed by atoms with Crippen LogP contribution in [0.5, 0.6) is 0 Å². The smallest absolute Gasteiger partial charge is 0.339 e. The van der Waals surface area contributed by atoms with Crippen LogP contribution in [0.2, 0.25) is 0 Å². The van der Waals surface area contributed by atoms with Crippen LogP contribution in [-0.4, -0.2) is 35.7 Å². The molecule has 1 aromatic heterocycles. The largest absolute Gasteiger partial charge is 0.478 e. The van der Waals surface area contributed by atoms with Crippen LogP contribution in [-0.2, 0) is 15.6 Å². The molecule has 0 aliphatic rings. The first-order chi connectivity index (χ1) is 6.79. The minimum absolute atomic E-state index is 0.0211. The third kappa shape index (κ3) is 3.28. The summed E-state index contributed by atoms with van der Waals surface area (Å²) in [6.07, 6.45) is 2.18. The van der Waals surface area contributed by atoms with Gasteiger partial charge in [0.15, 0.2) is 9.84 Å². The minimum atomic E-state index is -3.20. The summed E-state index contributed by atoms with van der Waals surface area (Å²) >= 11 is 0. The second kappa shape index (κ2) is 3.93. The fraction of sp³-hybridized carbons (Fsp3) is 0.375. The van der Waals surface area contributed by atoms with Gasteiger partial charge in [-0.2, -0.15) is 0 Å². The molecular formula is C8H10N2O4S. The van der Waals surface area contributed by atoms with E-state index in [0.717, 1.165) is 12.5 Å². The van der Waals surface area contributed by atoms with Gasteiger partial charge in [-0.3, -0.25) is 0 Å². The van der Waals surface area contributed by atoms with Crippen LogP contribution < -0.4 is 0 Å². The number of sulfone groups is 1. The van der Waals surface area contributed by atoms with Crippen molar-refractivity contribution in [2.24, 2.45) is 0 Å². The van der Waals surface area contributed by atoms with E-state index in [4.69, 9.17) is 5.11 Å². The summed E-state index contributed by atoms with van der Waals surface area (Å²) < 4.78 is 21.9. The zero-order valence-electron chi connectivity index (χ0n) is 8.26. The van der Waals surface area contributed by atoms with Gasteiger partial charge in [0.1, 0.15) is 11.6 Å². The maximum Gasteiger partial charge on any atom is 0.339 e. The molecule has 0 spiro atoms. The summed E-state index contributed by atoms with van der Waals surface area (Å²) in [4.78, 5) is 18.1. The highest BCUT2D eigenvalue weighted by Crippen LogP contribution is 2.05. The van der Waals surface area contributed by atoms with Gasteiger partial charge < -0.3 is 5.11 Å². The first-order valence-electron chi connectivity index (χ1n) is 4.03. The lowest BCUT2D eigenvalue weighted by molar-refractivity contribution is 0.0695. The third-order valence-corrected chi connectivity index (χ3v) is 2.43. The summed E-state index contributed by atoms with van der Waals surface area (Å²) in [5.74, 6) is -1.30. The Morgan fingerprint density at radius 3 is 2.53 bits per heavy atom. The monoisotopic (exact) mass is 230 g/mol. The van der Waals surface area contributed by atoms with Gasteiger partial charge in [-0.1, -0.05) is 0 Å². The minimum Gasteiger partial charge on any atom is -0.478 e. The van der Waals surface area contributed by atoms with Gasteiger partial charge in [0.05, 0.1) is 11.3 Å². The van der Waals surface area contributed by atoms with Crippen molar-refractivity contribution >= 4 is 15.8 Å². The molecule has 82 valence electrons. The predicted molar refractivity (Wildman–Crippen MR) is 52.3 cm³/mol. The van der Waals surface area contributed by atoms with Gasteiger partial charge >= 0.3 is 5.97 Å². The number of carboxylic acids is 1. The maximum atomic E-state index is 10.9. The molecule has 0 aromatic carbocycles. The number of nitrogens with zero attached hydrogens (tertiary/aromatic N) is 2. The molecule has 0 bridgehead atoms. The fourth-order valence-electron chi connectivity index (χ4n) is 1.03. The quantitative estimate of drug-likeness (QED) is 0.786. The van der Waals surface area contributed by atoms with Gasteiger partial charge in [-0.15, -0.1) is 0 Å². The number of carboxylic acid groups (broad SMARTS) is 1. The summed E-state index contributed by atoms with van der Waals surface area (Å²) in [7, 11) is -3.20. The third-order valence-electron chi connectivity index (χ3n) is 1.65. The second-order valence-electron chi connectivity index (χ2n) is 3.16. The molecule has 0 amide bonds. The van der Waals surface area contributed by atoms with Crippen LogP contribution in [0.25, 0.3) is 0 Å². The molecule has 1 aromatic rings. The maximum absolute atomic E-state index is 10.9. The van der Waals surface area contributed by atoms with Crippen LogP contribution in [0.15, 0.2) is 6.20 Å². The average molecular weight is 230 g/mol. The molecule has 0 saturated heterocycles. The van der Waals surface area contributed by atoms with Crippen molar-refractivity contribution in [3.05, 3.63) is 23.3 Å². The van der Waals surface area contributed by atoms with E-state index in [1.54, 1.807) is 0 Å². The number of aryl methyl sites for hydroxylation is 1. The van der Waals surface area contributed by atoms with Crippen LogP contribution >= 0.6 is 0 Å². The molecular weight excluding hydrogens is 220 g/mol. The molecule has 6 nitrogen and oxygen atoms in total. The Morgan fingerprint density at radius 2 is 2.13 bits per heavy atom. The van der Waals surface area contributed by atoms with Crippen molar-refractivity contribution < 1.29 is 18.3 Å². The average Bonchev–Trinajstić information content (AvgIpc) is 1.99. The molecule has 0 saturated carbocycles. The molecule has 1 heterocycles. The van der Waals surface area contributed by atoms with Crippen molar-refractivity contribution in [3.8, 4) is 0 Å². The zero-order valence-corrected chi connectivity index (χ0v) is 9.08. The Balaban J connectivity index is 3.07. The molecule has 15 heavy (non-hydrogen) atoms. The molecule has 0 aliphatic carbocycles. The first-order valence-corrected chi connectivity index (χ1v) is 6.09. The van der Waals surface area contributed by atoms with E-state index in [0.29, 0.717) is 0 Å². The van der Waals surface area contributed by atoms with Crippen LogP contribution in [0.4, 0.5) is 0 Å². The summed E-state index contributed by atoms with van der Waals surface area (Å²) in [5, 5.41) is 8.69. The van der Waals surface area contributed by atoms with Crippen molar-refractivity contribution in [1.29, 1.82) is 0 Å². The van der Waals surface area contributed by atoms with Gasteiger partial charge in [0.25, 0.3) is 0 Å². The zero-order chi connectivity index (χ0) is 11.6. The second-order valence-corrected chi connectivity index (χ2v) is 5.30. The van der Waals surface area contributed by atoms with Crippen molar-refractivity contribution in [1.82, 2.24) is 9.97 Å². The summed E-state index contributed by atoms with van der Waals surface area (Å²) in [6.45, 7) is 1.50. The Bertz CT molecular complexity index is 495. The van der Waals surface area contributed by atoms with Crippen LogP contribution in [0, 0.1) is 6.92 Å². The number of hydrogen-bond donors (Lipinski definition) is 1. The number of aromatic carboxylic acids is 1. The lowest BCUT2D eigenvalue weighted by Gasteiger charge is -2.02. The Labute approximate surface area is 86.9 Å². The van der Waals surface area contributed by atoms with Crippen LogP contribution in [0.1, 0.15) is 21.9 Å². The topological polar surface area (TPSA) is 97.2 Å². The summed E-state index contributed by atoms with van der Waals surface area (Å²) in [5.41, 5.74) is 0.239. The van der Waals surface area contributed by atoms with Crippen molar-refractivity contribution in [2.75, 3.05) is 6.26 Å². The van der Waals surface area contributed by atoms with E-state index in [1.807, 2.05) is 0 Å². The molecule has 0 atom stereocenters. The number of aromatic nitrogens is 2. The number of carbonyl (C=O) groups is 1. The fourth-order valence-corrected chi connectivity index (χ4v) is 1.64. The molecule has 0 aliphatic heterocycles. The van der Waals surface area contributed by atoms with Crippen molar-refractivity contribution in [2.45, 2.75) is 12.7 Å². The van der Waals surface area contributed by atoms with Gasteiger partial charge in [-0.25, -0.2) is 23.2 Å². The van der Waals surface area contributed by atoms with E-state index < -0.39 is 15.8 Å². The van der Waals surface area contributed by atoms with Gasteiger partial charge in [0, 0.05) is 12.5 Å². The standard InChI is InChI=1S/C8H10N2O4S/c1-5-6(8(11)12)3-9-7(10-5)4-15(2,13)14/h3H,4H2,1-2H3,(H,11,12). The van der Waals surface area contributed by atoms with E-state index in [-0.39, 0.29) is 22.8 Å².